The molecule has 2 amide bonds. The number of ether oxygens (including phenoxy) is 1. The van der Waals surface area contributed by atoms with Crippen LogP contribution in [0.2, 0.25) is 0 Å². The second kappa shape index (κ2) is 11.0. The van der Waals surface area contributed by atoms with Gasteiger partial charge in [0.1, 0.15) is 5.75 Å². The van der Waals surface area contributed by atoms with Gasteiger partial charge in [0.05, 0.1) is 12.2 Å². The van der Waals surface area contributed by atoms with Crippen LogP contribution >= 0.6 is 0 Å². The summed E-state index contributed by atoms with van der Waals surface area (Å²) in [5, 5.41) is 5.80. The number of rotatable bonds is 9. The number of benzene rings is 3. The van der Waals surface area contributed by atoms with Crippen molar-refractivity contribution in [2.24, 2.45) is 0 Å². The summed E-state index contributed by atoms with van der Waals surface area (Å²) in [6.45, 7) is 4.44. The molecule has 0 aromatic heterocycles. The molecule has 0 aliphatic heterocycles. The molecule has 5 heteroatoms. The lowest BCUT2D eigenvalue weighted by atomic mass is 10.1. The Morgan fingerprint density at radius 2 is 1.65 bits per heavy atom. The zero-order valence-corrected chi connectivity index (χ0v) is 17.9. The molecule has 0 aliphatic carbocycles. The van der Waals surface area contributed by atoms with E-state index in [4.69, 9.17) is 4.74 Å². The zero-order chi connectivity index (χ0) is 22.1. The van der Waals surface area contributed by atoms with Gasteiger partial charge in [0, 0.05) is 23.7 Å². The largest absolute Gasteiger partial charge is 0.492 e. The Labute approximate surface area is 183 Å². The van der Waals surface area contributed by atoms with E-state index in [0.717, 1.165) is 12.8 Å². The van der Waals surface area contributed by atoms with E-state index in [-0.39, 0.29) is 17.9 Å². The SMILES string of the molecule is CCC(C)NC(=O)c1cccc(NC(=O)c2ccccc2OCCc2ccccc2)c1. The molecule has 2 N–H and O–H groups in total. The fourth-order valence-electron chi connectivity index (χ4n) is 3.05. The van der Waals surface area contributed by atoms with Crippen molar-refractivity contribution in [3.63, 3.8) is 0 Å². The van der Waals surface area contributed by atoms with Crippen molar-refractivity contribution < 1.29 is 14.3 Å². The van der Waals surface area contributed by atoms with Crippen LogP contribution in [-0.4, -0.2) is 24.5 Å². The number of para-hydroxylation sites is 1. The Balaban J connectivity index is 1.65. The molecule has 0 radical (unpaired) electrons. The van der Waals surface area contributed by atoms with Crippen molar-refractivity contribution in [1.29, 1.82) is 0 Å². The van der Waals surface area contributed by atoms with Crippen molar-refractivity contribution in [3.8, 4) is 5.75 Å². The maximum Gasteiger partial charge on any atom is 0.259 e. The van der Waals surface area contributed by atoms with Gasteiger partial charge in [0.2, 0.25) is 0 Å². The third-order valence-corrected chi connectivity index (χ3v) is 5.00. The summed E-state index contributed by atoms with van der Waals surface area (Å²) in [6.07, 6.45) is 1.60. The summed E-state index contributed by atoms with van der Waals surface area (Å²) in [7, 11) is 0. The van der Waals surface area contributed by atoms with Crippen LogP contribution in [0, 0.1) is 0 Å². The molecule has 3 aromatic rings. The number of amides is 2. The van der Waals surface area contributed by atoms with Gasteiger partial charge in [-0.2, -0.15) is 0 Å². The Bertz CT molecular complexity index is 1020. The van der Waals surface area contributed by atoms with Gasteiger partial charge in [0.15, 0.2) is 0 Å². The highest BCUT2D eigenvalue weighted by Gasteiger charge is 2.14. The van der Waals surface area contributed by atoms with Crippen LogP contribution < -0.4 is 15.4 Å². The summed E-state index contributed by atoms with van der Waals surface area (Å²) in [5.41, 5.74) is 2.69. The average Bonchev–Trinajstić information content (AvgIpc) is 2.80. The number of hydrogen-bond acceptors (Lipinski definition) is 3. The molecule has 160 valence electrons. The molecular formula is C26H28N2O3. The number of nitrogens with one attached hydrogen (secondary N) is 2. The van der Waals surface area contributed by atoms with Gasteiger partial charge in [-0.05, 0) is 49.2 Å². The van der Waals surface area contributed by atoms with Crippen molar-refractivity contribution >= 4 is 17.5 Å². The van der Waals surface area contributed by atoms with Crippen molar-refractivity contribution in [3.05, 3.63) is 95.6 Å². The minimum atomic E-state index is -0.283. The molecular weight excluding hydrogens is 388 g/mol. The first-order valence-electron chi connectivity index (χ1n) is 10.5. The lowest BCUT2D eigenvalue weighted by Crippen LogP contribution is -2.31. The first-order valence-corrected chi connectivity index (χ1v) is 10.5. The summed E-state index contributed by atoms with van der Waals surface area (Å²) in [4.78, 5) is 25.2. The highest BCUT2D eigenvalue weighted by Crippen LogP contribution is 2.21. The highest BCUT2D eigenvalue weighted by atomic mass is 16.5. The lowest BCUT2D eigenvalue weighted by Gasteiger charge is -2.13. The van der Waals surface area contributed by atoms with Gasteiger partial charge in [-0.25, -0.2) is 0 Å². The first kappa shape index (κ1) is 22.1. The third-order valence-electron chi connectivity index (χ3n) is 5.00. The smallest absolute Gasteiger partial charge is 0.259 e. The zero-order valence-electron chi connectivity index (χ0n) is 17.9. The molecule has 5 nitrogen and oxygen atoms in total. The van der Waals surface area contributed by atoms with E-state index in [1.807, 2.05) is 50.2 Å². The van der Waals surface area contributed by atoms with Crippen LogP contribution in [0.1, 0.15) is 46.5 Å². The molecule has 0 spiro atoms. The summed E-state index contributed by atoms with van der Waals surface area (Å²) in [5.74, 6) is 0.0893. The Hall–Kier alpha value is -3.60. The highest BCUT2D eigenvalue weighted by molar-refractivity contribution is 6.06. The van der Waals surface area contributed by atoms with Crippen LogP contribution in [0.5, 0.6) is 5.75 Å². The van der Waals surface area contributed by atoms with Crippen molar-refractivity contribution in [1.82, 2.24) is 5.32 Å². The molecule has 0 fully saturated rings. The normalized spacial score (nSPS) is 11.4. The predicted octanol–water partition coefficient (Wildman–Crippen LogP) is 5.09. The topological polar surface area (TPSA) is 67.4 Å². The van der Waals surface area contributed by atoms with Gasteiger partial charge in [0.25, 0.3) is 11.8 Å². The Morgan fingerprint density at radius 1 is 0.903 bits per heavy atom. The van der Waals surface area contributed by atoms with Gasteiger partial charge in [-0.3, -0.25) is 9.59 Å². The van der Waals surface area contributed by atoms with Gasteiger partial charge >= 0.3 is 0 Å². The molecule has 0 saturated carbocycles. The molecule has 3 aromatic carbocycles. The second-order valence-electron chi connectivity index (χ2n) is 7.40. The maximum absolute atomic E-state index is 12.9. The quantitative estimate of drug-likeness (QED) is 0.511. The van der Waals surface area contributed by atoms with E-state index >= 15 is 0 Å². The summed E-state index contributed by atoms with van der Waals surface area (Å²) >= 11 is 0. The Morgan fingerprint density at radius 3 is 2.42 bits per heavy atom. The predicted molar refractivity (Wildman–Crippen MR) is 124 cm³/mol. The van der Waals surface area contributed by atoms with Gasteiger partial charge in [-0.15, -0.1) is 0 Å². The molecule has 3 rings (SSSR count). The van der Waals surface area contributed by atoms with Crippen LogP contribution in [-0.2, 0) is 6.42 Å². The van der Waals surface area contributed by atoms with E-state index < -0.39 is 0 Å². The van der Waals surface area contributed by atoms with E-state index in [1.54, 1.807) is 42.5 Å². The summed E-state index contributed by atoms with van der Waals surface area (Å²) in [6, 6.07) is 24.2. The van der Waals surface area contributed by atoms with Gasteiger partial charge < -0.3 is 15.4 Å². The standard InChI is InChI=1S/C26H28N2O3/c1-3-19(2)27-25(29)21-12-9-13-22(18-21)28-26(30)23-14-7-8-15-24(23)31-17-16-20-10-5-4-6-11-20/h4-15,18-19H,3,16-17H2,1-2H3,(H,27,29)(H,28,30). The van der Waals surface area contributed by atoms with Crippen LogP contribution in [0.25, 0.3) is 0 Å². The minimum Gasteiger partial charge on any atom is -0.492 e. The molecule has 1 unspecified atom stereocenters. The monoisotopic (exact) mass is 416 g/mol. The first-order chi connectivity index (χ1) is 15.1. The number of carbonyl (C=O) groups is 2. The number of anilines is 1. The fraction of sp³-hybridized carbons (Fsp3) is 0.231. The van der Waals surface area contributed by atoms with E-state index in [0.29, 0.717) is 29.2 Å². The molecule has 0 aliphatic rings. The van der Waals surface area contributed by atoms with Crippen LogP contribution in [0.4, 0.5) is 5.69 Å². The Kier molecular flexibility index (Phi) is 7.82. The average molecular weight is 417 g/mol. The minimum absolute atomic E-state index is 0.0886. The van der Waals surface area contributed by atoms with E-state index in [2.05, 4.69) is 10.6 Å². The molecule has 1 atom stereocenters. The number of carbonyl (C=O) groups excluding carboxylic acids is 2. The third kappa shape index (κ3) is 6.44. The molecule has 0 heterocycles. The maximum atomic E-state index is 12.9. The molecule has 31 heavy (non-hydrogen) atoms. The molecule has 0 bridgehead atoms. The van der Waals surface area contributed by atoms with Crippen LogP contribution in [0.15, 0.2) is 78.9 Å². The molecule has 0 saturated heterocycles. The summed E-state index contributed by atoms with van der Waals surface area (Å²) < 4.78 is 5.89. The lowest BCUT2D eigenvalue weighted by molar-refractivity contribution is 0.0938. The fourth-order valence-corrected chi connectivity index (χ4v) is 3.05. The van der Waals surface area contributed by atoms with Crippen molar-refractivity contribution in [2.45, 2.75) is 32.7 Å². The van der Waals surface area contributed by atoms with E-state index in [1.165, 1.54) is 5.56 Å². The van der Waals surface area contributed by atoms with Crippen LogP contribution in [0.3, 0.4) is 0 Å². The van der Waals surface area contributed by atoms with Gasteiger partial charge in [-0.1, -0.05) is 55.5 Å². The second-order valence-corrected chi connectivity index (χ2v) is 7.40. The number of hydrogen-bond donors (Lipinski definition) is 2. The van der Waals surface area contributed by atoms with Crippen molar-refractivity contribution in [2.75, 3.05) is 11.9 Å². The van der Waals surface area contributed by atoms with E-state index in [9.17, 15) is 9.59 Å².